The number of hydrogen-bond acceptors (Lipinski definition) is 2. The number of carboxylic acids is 1. The number of aryl methyl sites for hydroxylation is 2. The minimum absolute atomic E-state index is 0.199. The van der Waals surface area contributed by atoms with E-state index < -0.39 is 11.9 Å². The second-order valence-corrected chi connectivity index (χ2v) is 6.21. The number of carboxylic acid groups (broad SMARTS) is 1. The number of nitrogens with zero attached hydrogens (tertiary/aromatic N) is 1. The zero-order chi connectivity index (χ0) is 16.3. The van der Waals surface area contributed by atoms with Crippen LogP contribution in [0.2, 0.25) is 0 Å². The van der Waals surface area contributed by atoms with Gasteiger partial charge in [-0.1, -0.05) is 19.9 Å². The molecule has 1 aliphatic heterocycles. The number of rotatable bonds is 3. The van der Waals surface area contributed by atoms with Crippen molar-refractivity contribution in [2.24, 2.45) is 11.8 Å². The molecule has 1 saturated heterocycles. The van der Waals surface area contributed by atoms with Gasteiger partial charge >= 0.3 is 12.0 Å². The molecule has 22 heavy (non-hydrogen) atoms. The largest absolute Gasteiger partial charge is 0.481 e. The van der Waals surface area contributed by atoms with Crippen LogP contribution in [0.1, 0.15) is 31.4 Å². The summed E-state index contributed by atoms with van der Waals surface area (Å²) < 4.78 is 0. The number of urea groups is 1. The van der Waals surface area contributed by atoms with Crippen LogP contribution in [-0.2, 0) is 11.2 Å². The maximum Gasteiger partial charge on any atom is 0.321 e. The van der Waals surface area contributed by atoms with Crippen molar-refractivity contribution < 1.29 is 14.7 Å². The normalized spacial score (nSPS) is 21.5. The van der Waals surface area contributed by atoms with Crippen molar-refractivity contribution in [3.8, 4) is 0 Å². The molecule has 0 spiro atoms. The highest BCUT2D eigenvalue weighted by Gasteiger charge is 2.31. The van der Waals surface area contributed by atoms with E-state index in [2.05, 4.69) is 12.2 Å². The number of carbonyl (C=O) groups is 2. The first-order valence-corrected chi connectivity index (χ1v) is 7.79. The van der Waals surface area contributed by atoms with E-state index in [1.807, 2.05) is 32.0 Å². The molecule has 1 aromatic rings. The van der Waals surface area contributed by atoms with Gasteiger partial charge in [0, 0.05) is 18.8 Å². The summed E-state index contributed by atoms with van der Waals surface area (Å²) in [6.07, 6.45) is 1.59. The Hall–Kier alpha value is -2.04. The molecule has 1 aliphatic rings. The summed E-state index contributed by atoms with van der Waals surface area (Å²) in [7, 11) is 0. The van der Waals surface area contributed by atoms with Gasteiger partial charge in [-0.2, -0.15) is 0 Å². The second-order valence-electron chi connectivity index (χ2n) is 6.21. The summed E-state index contributed by atoms with van der Waals surface area (Å²) in [6, 6.07) is 5.65. The SMILES string of the molecule is CCc1ccc(NC(=O)N2CC(C)CC(C(=O)O)C2)cc1C. The number of piperidine rings is 1. The van der Waals surface area contributed by atoms with Gasteiger partial charge in [0.2, 0.25) is 0 Å². The first-order chi connectivity index (χ1) is 10.4. The smallest absolute Gasteiger partial charge is 0.321 e. The van der Waals surface area contributed by atoms with Gasteiger partial charge in [-0.25, -0.2) is 4.79 Å². The molecule has 5 heteroatoms. The first-order valence-electron chi connectivity index (χ1n) is 7.79. The molecule has 2 rings (SSSR count). The lowest BCUT2D eigenvalue weighted by Crippen LogP contribution is -2.47. The van der Waals surface area contributed by atoms with Gasteiger partial charge in [-0.15, -0.1) is 0 Å². The lowest BCUT2D eigenvalue weighted by molar-refractivity contribution is -0.143. The molecule has 1 fully saturated rings. The summed E-state index contributed by atoms with van der Waals surface area (Å²) in [5.74, 6) is -1.10. The Kier molecular flexibility index (Phi) is 5.06. The average molecular weight is 304 g/mol. The Morgan fingerprint density at radius 2 is 2.09 bits per heavy atom. The minimum Gasteiger partial charge on any atom is -0.481 e. The number of aliphatic carboxylic acids is 1. The van der Waals surface area contributed by atoms with Crippen LogP contribution in [-0.4, -0.2) is 35.1 Å². The third-order valence-corrected chi connectivity index (χ3v) is 4.27. The predicted molar refractivity (Wildman–Crippen MR) is 86.1 cm³/mol. The van der Waals surface area contributed by atoms with Crippen molar-refractivity contribution in [3.05, 3.63) is 29.3 Å². The van der Waals surface area contributed by atoms with Crippen molar-refractivity contribution in [1.29, 1.82) is 0 Å². The summed E-state index contributed by atoms with van der Waals surface area (Å²) in [4.78, 5) is 25.2. The molecule has 2 N–H and O–H groups in total. The summed E-state index contributed by atoms with van der Waals surface area (Å²) in [5.41, 5.74) is 3.16. The molecule has 5 nitrogen and oxygen atoms in total. The maximum absolute atomic E-state index is 12.4. The molecule has 0 saturated carbocycles. The Morgan fingerprint density at radius 3 is 2.68 bits per heavy atom. The lowest BCUT2D eigenvalue weighted by Gasteiger charge is -2.34. The van der Waals surface area contributed by atoms with E-state index in [-0.39, 0.29) is 18.5 Å². The van der Waals surface area contributed by atoms with Crippen molar-refractivity contribution in [2.45, 2.75) is 33.6 Å². The van der Waals surface area contributed by atoms with Gasteiger partial charge in [-0.3, -0.25) is 4.79 Å². The summed E-state index contributed by atoms with van der Waals surface area (Å²) in [5, 5.41) is 12.1. The van der Waals surface area contributed by atoms with Gasteiger partial charge in [0.25, 0.3) is 0 Å². The zero-order valence-corrected chi connectivity index (χ0v) is 13.4. The van der Waals surface area contributed by atoms with Crippen LogP contribution in [0.5, 0.6) is 0 Å². The van der Waals surface area contributed by atoms with E-state index in [4.69, 9.17) is 0 Å². The van der Waals surface area contributed by atoms with Crippen LogP contribution in [0.25, 0.3) is 0 Å². The molecule has 1 heterocycles. The molecular weight excluding hydrogens is 280 g/mol. The van der Waals surface area contributed by atoms with Crippen LogP contribution in [0.3, 0.4) is 0 Å². The Labute approximate surface area is 131 Å². The number of amides is 2. The van der Waals surface area contributed by atoms with E-state index in [0.29, 0.717) is 13.0 Å². The topological polar surface area (TPSA) is 69.6 Å². The number of nitrogens with one attached hydrogen (secondary N) is 1. The first kappa shape index (κ1) is 16.3. The highest BCUT2D eigenvalue weighted by atomic mass is 16.4. The summed E-state index contributed by atoms with van der Waals surface area (Å²) >= 11 is 0. The maximum atomic E-state index is 12.4. The molecular formula is C17H24N2O3. The van der Waals surface area contributed by atoms with Gasteiger partial charge in [0.1, 0.15) is 0 Å². The van der Waals surface area contributed by atoms with E-state index in [1.165, 1.54) is 5.56 Å². The molecule has 1 aromatic carbocycles. The monoisotopic (exact) mass is 304 g/mol. The van der Waals surface area contributed by atoms with E-state index in [0.717, 1.165) is 17.7 Å². The van der Waals surface area contributed by atoms with Crippen molar-refractivity contribution in [1.82, 2.24) is 4.90 Å². The fourth-order valence-corrected chi connectivity index (χ4v) is 3.07. The Morgan fingerprint density at radius 1 is 1.36 bits per heavy atom. The molecule has 0 aliphatic carbocycles. The van der Waals surface area contributed by atoms with E-state index >= 15 is 0 Å². The molecule has 2 unspecified atom stereocenters. The molecule has 0 radical (unpaired) electrons. The highest BCUT2D eigenvalue weighted by Crippen LogP contribution is 2.23. The minimum atomic E-state index is -0.826. The molecule has 0 bridgehead atoms. The van der Waals surface area contributed by atoms with Crippen LogP contribution in [0.4, 0.5) is 10.5 Å². The number of carbonyl (C=O) groups excluding carboxylic acids is 1. The van der Waals surface area contributed by atoms with Gasteiger partial charge in [0.05, 0.1) is 5.92 Å². The fourth-order valence-electron chi connectivity index (χ4n) is 3.07. The Bertz CT molecular complexity index is 571. The fraction of sp³-hybridized carbons (Fsp3) is 0.529. The van der Waals surface area contributed by atoms with Crippen LogP contribution in [0.15, 0.2) is 18.2 Å². The quantitative estimate of drug-likeness (QED) is 0.901. The zero-order valence-electron chi connectivity index (χ0n) is 13.4. The second kappa shape index (κ2) is 6.81. The number of likely N-dealkylation sites (tertiary alicyclic amines) is 1. The highest BCUT2D eigenvalue weighted by molar-refractivity contribution is 5.90. The van der Waals surface area contributed by atoms with Gasteiger partial charge in [-0.05, 0) is 48.9 Å². The van der Waals surface area contributed by atoms with E-state index in [9.17, 15) is 14.7 Å². The third kappa shape index (κ3) is 3.78. The van der Waals surface area contributed by atoms with Gasteiger partial charge in [0.15, 0.2) is 0 Å². The van der Waals surface area contributed by atoms with Crippen molar-refractivity contribution in [2.75, 3.05) is 18.4 Å². The standard InChI is InChI=1S/C17H24N2O3/c1-4-13-5-6-15(8-12(13)3)18-17(22)19-9-11(2)7-14(10-19)16(20)21/h5-6,8,11,14H,4,7,9-10H2,1-3H3,(H,18,22)(H,20,21). The Balaban J connectivity index is 2.05. The molecule has 120 valence electrons. The molecule has 2 amide bonds. The molecule has 2 atom stereocenters. The number of anilines is 1. The lowest BCUT2D eigenvalue weighted by atomic mass is 9.91. The van der Waals surface area contributed by atoms with Crippen LogP contribution < -0.4 is 5.32 Å². The van der Waals surface area contributed by atoms with Crippen LogP contribution in [0, 0.1) is 18.8 Å². The van der Waals surface area contributed by atoms with Crippen molar-refractivity contribution >= 4 is 17.7 Å². The van der Waals surface area contributed by atoms with E-state index in [1.54, 1.807) is 4.90 Å². The van der Waals surface area contributed by atoms with Crippen molar-refractivity contribution in [3.63, 3.8) is 0 Å². The van der Waals surface area contributed by atoms with Crippen LogP contribution >= 0.6 is 0 Å². The molecule has 0 aromatic heterocycles. The number of hydrogen-bond donors (Lipinski definition) is 2. The predicted octanol–water partition coefficient (Wildman–Crippen LogP) is 3.13. The third-order valence-electron chi connectivity index (χ3n) is 4.27. The van der Waals surface area contributed by atoms with Gasteiger partial charge < -0.3 is 15.3 Å². The number of benzene rings is 1. The summed E-state index contributed by atoms with van der Waals surface area (Å²) in [6.45, 7) is 6.98. The average Bonchev–Trinajstić information content (AvgIpc) is 2.46.